The molecule has 0 radical (unpaired) electrons. The molecule has 0 bridgehead atoms. The molecule has 0 fully saturated rings. The first-order valence-corrected chi connectivity index (χ1v) is 7.55. The standard InChI is InChI=1S/C17H17N3O4/c1-23-14-7-6-10(8-15(14)24-2)16(22)20-17-18-9-11-12(19-17)4-3-5-13(11)21/h6-9H,3-5H2,1-2H3,(H,18,19,20,22). The molecule has 0 aliphatic heterocycles. The Hall–Kier alpha value is -2.96. The van der Waals surface area contributed by atoms with E-state index in [1.54, 1.807) is 18.2 Å². The van der Waals surface area contributed by atoms with Crippen molar-refractivity contribution in [2.45, 2.75) is 19.3 Å². The van der Waals surface area contributed by atoms with Crippen LogP contribution in [0.4, 0.5) is 5.95 Å². The second-order valence-corrected chi connectivity index (χ2v) is 5.35. The number of amides is 1. The van der Waals surface area contributed by atoms with Gasteiger partial charge in [-0.05, 0) is 31.0 Å². The first-order chi connectivity index (χ1) is 11.6. The number of carbonyl (C=O) groups is 2. The van der Waals surface area contributed by atoms with Gasteiger partial charge in [-0.25, -0.2) is 9.97 Å². The van der Waals surface area contributed by atoms with E-state index in [9.17, 15) is 9.59 Å². The van der Waals surface area contributed by atoms with Crippen LogP contribution in [0.3, 0.4) is 0 Å². The number of ether oxygens (including phenoxy) is 2. The quantitative estimate of drug-likeness (QED) is 0.926. The summed E-state index contributed by atoms with van der Waals surface area (Å²) in [5.41, 5.74) is 1.62. The maximum Gasteiger partial charge on any atom is 0.258 e. The van der Waals surface area contributed by atoms with Crippen molar-refractivity contribution in [1.29, 1.82) is 0 Å². The van der Waals surface area contributed by atoms with Gasteiger partial charge in [-0.3, -0.25) is 14.9 Å². The molecule has 1 amide bonds. The Morgan fingerprint density at radius 3 is 2.71 bits per heavy atom. The Morgan fingerprint density at radius 2 is 1.96 bits per heavy atom. The second-order valence-electron chi connectivity index (χ2n) is 5.35. The molecule has 0 saturated heterocycles. The van der Waals surface area contributed by atoms with Gasteiger partial charge in [-0.15, -0.1) is 0 Å². The van der Waals surface area contributed by atoms with Crippen LogP contribution in [0.1, 0.15) is 39.3 Å². The third kappa shape index (κ3) is 3.05. The molecule has 124 valence electrons. The van der Waals surface area contributed by atoms with Gasteiger partial charge in [-0.1, -0.05) is 0 Å². The van der Waals surface area contributed by atoms with Gasteiger partial charge in [0.15, 0.2) is 17.3 Å². The zero-order valence-electron chi connectivity index (χ0n) is 13.5. The lowest BCUT2D eigenvalue weighted by Crippen LogP contribution is -2.18. The lowest BCUT2D eigenvalue weighted by molar-refractivity contribution is 0.0970. The van der Waals surface area contributed by atoms with Crippen LogP contribution >= 0.6 is 0 Å². The number of benzene rings is 1. The third-order valence-corrected chi connectivity index (χ3v) is 3.86. The Labute approximate surface area is 139 Å². The molecule has 7 nitrogen and oxygen atoms in total. The Bertz CT molecular complexity index is 804. The fraction of sp³-hybridized carbons (Fsp3) is 0.294. The molecular formula is C17H17N3O4. The molecule has 7 heteroatoms. The monoisotopic (exact) mass is 327 g/mol. The summed E-state index contributed by atoms with van der Waals surface area (Å²) in [5.74, 6) is 0.870. The van der Waals surface area contributed by atoms with E-state index in [0.717, 1.165) is 6.42 Å². The van der Waals surface area contributed by atoms with Crippen molar-refractivity contribution in [2.24, 2.45) is 0 Å². The fourth-order valence-corrected chi connectivity index (χ4v) is 2.60. The number of aryl methyl sites for hydroxylation is 1. The Balaban J connectivity index is 1.81. The van der Waals surface area contributed by atoms with E-state index in [0.29, 0.717) is 41.2 Å². The second kappa shape index (κ2) is 6.66. The molecule has 24 heavy (non-hydrogen) atoms. The average molecular weight is 327 g/mol. The van der Waals surface area contributed by atoms with Gasteiger partial charge < -0.3 is 9.47 Å². The van der Waals surface area contributed by atoms with Crippen LogP contribution in [-0.4, -0.2) is 35.9 Å². The van der Waals surface area contributed by atoms with Crippen LogP contribution in [0.15, 0.2) is 24.4 Å². The average Bonchev–Trinajstić information content (AvgIpc) is 2.61. The summed E-state index contributed by atoms with van der Waals surface area (Å²) < 4.78 is 10.3. The molecule has 1 aromatic heterocycles. The highest BCUT2D eigenvalue weighted by molar-refractivity contribution is 6.04. The first kappa shape index (κ1) is 15.9. The van der Waals surface area contributed by atoms with Crippen molar-refractivity contribution in [3.8, 4) is 11.5 Å². The largest absolute Gasteiger partial charge is 0.493 e. The maximum atomic E-state index is 12.4. The number of nitrogens with zero attached hydrogens (tertiary/aromatic N) is 2. The fourth-order valence-electron chi connectivity index (χ4n) is 2.60. The number of anilines is 1. The summed E-state index contributed by atoms with van der Waals surface area (Å²) in [5, 5.41) is 2.64. The van der Waals surface area contributed by atoms with Gasteiger partial charge in [-0.2, -0.15) is 0 Å². The van der Waals surface area contributed by atoms with Crippen LogP contribution < -0.4 is 14.8 Å². The summed E-state index contributed by atoms with van der Waals surface area (Å²) in [6.07, 6.45) is 3.48. The minimum atomic E-state index is -0.363. The summed E-state index contributed by atoms with van der Waals surface area (Å²) in [6, 6.07) is 4.86. The summed E-state index contributed by atoms with van der Waals surface area (Å²) >= 11 is 0. The lowest BCUT2D eigenvalue weighted by Gasteiger charge is -2.14. The van der Waals surface area contributed by atoms with E-state index in [2.05, 4.69) is 15.3 Å². The van der Waals surface area contributed by atoms with E-state index in [4.69, 9.17) is 9.47 Å². The van der Waals surface area contributed by atoms with Crippen molar-refractivity contribution in [2.75, 3.05) is 19.5 Å². The summed E-state index contributed by atoms with van der Waals surface area (Å²) in [4.78, 5) is 32.5. The number of aromatic nitrogens is 2. The number of Topliss-reactive ketones (excluding diaryl/α,β-unsaturated/α-hetero) is 1. The molecule has 0 atom stereocenters. The molecule has 1 heterocycles. The van der Waals surface area contributed by atoms with Crippen molar-refractivity contribution in [1.82, 2.24) is 9.97 Å². The number of nitrogens with one attached hydrogen (secondary N) is 1. The normalized spacial score (nSPS) is 13.2. The molecule has 2 aromatic rings. The van der Waals surface area contributed by atoms with E-state index < -0.39 is 0 Å². The zero-order chi connectivity index (χ0) is 17.1. The van der Waals surface area contributed by atoms with Crippen molar-refractivity contribution < 1.29 is 19.1 Å². The number of hydrogen-bond donors (Lipinski definition) is 1. The van der Waals surface area contributed by atoms with Gasteiger partial charge in [0.1, 0.15) is 0 Å². The lowest BCUT2D eigenvalue weighted by atomic mass is 9.96. The number of carbonyl (C=O) groups excluding carboxylic acids is 2. The number of methoxy groups -OCH3 is 2. The van der Waals surface area contributed by atoms with Crippen LogP contribution in [0.5, 0.6) is 11.5 Å². The molecule has 1 N–H and O–H groups in total. The van der Waals surface area contributed by atoms with Crippen LogP contribution in [-0.2, 0) is 6.42 Å². The van der Waals surface area contributed by atoms with Gasteiger partial charge in [0, 0.05) is 18.2 Å². The molecule has 3 rings (SSSR count). The third-order valence-electron chi connectivity index (χ3n) is 3.86. The van der Waals surface area contributed by atoms with Crippen molar-refractivity contribution in [3.05, 3.63) is 41.2 Å². The zero-order valence-corrected chi connectivity index (χ0v) is 13.5. The minimum absolute atomic E-state index is 0.0500. The van der Waals surface area contributed by atoms with Gasteiger partial charge in [0.2, 0.25) is 5.95 Å². The molecule has 0 unspecified atom stereocenters. The SMILES string of the molecule is COc1ccc(C(=O)Nc2ncc3c(n2)CCCC3=O)cc1OC. The van der Waals surface area contributed by atoms with Gasteiger partial charge >= 0.3 is 0 Å². The Morgan fingerprint density at radius 1 is 1.17 bits per heavy atom. The molecule has 1 aromatic carbocycles. The number of rotatable bonds is 4. The predicted octanol–water partition coefficient (Wildman–Crippen LogP) is 2.27. The molecule has 0 spiro atoms. The number of fused-ring (bicyclic) bond motifs is 1. The highest BCUT2D eigenvalue weighted by Crippen LogP contribution is 2.28. The summed E-state index contributed by atoms with van der Waals surface area (Å²) in [7, 11) is 3.03. The van der Waals surface area contributed by atoms with Crippen molar-refractivity contribution >= 4 is 17.6 Å². The van der Waals surface area contributed by atoms with Gasteiger partial charge in [0.25, 0.3) is 5.91 Å². The van der Waals surface area contributed by atoms with Crippen molar-refractivity contribution in [3.63, 3.8) is 0 Å². The van der Waals surface area contributed by atoms with Crippen LogP contribution in [0.2, 0.25) is 0 Å². The first-order valence-electron chi connectivity index (χ1n) is 7.55. The summed E-state index contributed by atoms with van der Waals surface area (Å²) in [6.45, 7) is 0. The van der Waals surface area contributed by atoms with E-state index in [-0.39, 0.29) is 17.6 Å². The predicted molar refractivity (Wildman–Crippen MR) is 86.8 cm³/mol. The van der Waals surface area contributed by atoms with Crippen LogP contribution in [0.25, 0.3) is 0 Å². The van der Waals surface area contributed by atoms with Gasteiger partial charge in [0.05, 0.1) is 25.5 Å². The van der Waals surface area contributed by atoms with Crippen LogP contribution in [0, 0.1) is 0 Å². The Kier molecular flexibility index (Phi) is 4.41. The molecule has 1 aliphatic rings. The highest BCUT2D eigenvalue weighted by Gasteiger charge is 2.20. The highest BCUT2D eigenvalue weighted by atomic mass is 16.5. The number of hydrogen-bond acceptors (Lipinski definition) is 6. The van der Waals surface area contributed by atoms with E-state index in [1.165, 1.54) is 20.4 Å². The smallest absolute Gasteiger partial charge is 0.258 e. The molecule has 1 aliphatic carbocycles. The van der Waals surface area contributed by atoms with E-state index >= 15 is 0 Å². The number of ketones is 1. The maximum absolute atomic E-state index is 12.4. The molecule has 0 saturated carbocycles. The molecular weight excluding hydrogens is 310 g/mol. The minimum Gasteiger partial charge on any atom is -0.493 e. The topological polar surface area (TPSA) is 90.4 Å². The van der Waals surface area contributed by atoms with E-state index in [1.807, 2.05) is 0 Å².